The predicted molar refractivity (Wildman–Crippen MR) is 106 cm³/mol. The summed E-state index contributed by atoms with van der Waals surface area (Å²) < 4.78 is 0. The number of carbonyl (C=O) groups is 2. The molecule has 0 fully saturated rings. The van der Waals surface area contributed by atoms with E-state index in [1.54, 1.807) is 23.9 Å². The number of nitrogens with zero attached hydrogens (tertiary/aromatic N) is 2. The number of hydrogen-bond donors (Lipinski definition) is 2. The van der Waals surface area contributed by atoms with Gasteiger partial charge < -0.3 is 10.4 Å². The molecule has 26 heavy (non-hydrogen) atoms. The lowest BCUT2D eigenvalue weighted by Gasteiger charge is -2.14. The maximum absolute atomic E-state index is 12.3. The summed E-state index contributed by atoms with van der Waals surface area (Å²) >= 11 is 2.96. The van der Waals surface area contributed by atoms with E-state index in [0.717, 1.165) is 21.1 Å². The maximum atomic E-state index is 12.3. The van der Waals surface area contributed by atoms with Crippen LogP contribution in [0.4, 0.5) is 0 Å². The lowest BCUT2D eigenvalue weighted by Crippen LogP contribution is -2.26. The van der Waals surface area contributed by atoms with Gasteiger partial charge >= 0.3 is 0 Å². The molecule has 1 unspecified atom stereocenters. The molecule has 8 heteroatoms. The second-order valence-electron chi connectivity index (χ2n) is 5.92. The summed E-state index contributed by atoms with van der Waals surface area (Å²) in [5.74, 6) is -0.0342. The maximum Gasteiger partial charge on any atom is 0.262 e. The molecule has 2 heterocycles. The average Bonchev–Trinajstić information content (AvgIpc) is 2.92. The van der Waals surface area contributed by atoms with Gasteiger partial charge in [0.2, 0.25) is 0 Å². The molecule has 0 bridgehead atoms. The highest BCUT2D eigenvalue weighted by Crippen LogP contribution is 2.40. The van der Waals surface area contributed by atoms with Crippen molar-refractivity contribution in [1.82, 2.24) is 5.32 Å². The highest BCUT2D eigenvalue weighted by molar-refractivity contribution is 8.18. The Morgan fingerprint density at radius 2 is 2.00 bits per heavy atom. The summed E-state index contributed by atoms with van der Waals surface area (Å²) in [6.07, 6.45) is 0. The van der Waals surface area contributed by atoms with Crippen molar-refractivity contribution in [3.05, 3.63) is 45.9 Å². The van der Waals surface area contributed by atoms with E-state index in [1.807, 2.05) is 26.0 Å². The van der Waals surface area contributed by atoms with Gasteiger partial charge in [-0.05, 0) is 42.0 Å². The lowest BCUT2D eigenvalue weighted by molar-refractivity contribution is -0.118. The number of aliphatic imine (C=N–C) groups is 2. The van der Waals surface area contributed by atoms with Gasteiger partial charge in [0.1, 0.15) is 5.92 Å². The number of rotatable bonds is 5. The number of hydrogen-bond acceptors (Lipinski definition) is 6. The molecule has 0 aromatic heterocycles. The first-order valence-corrected chi connectivity index (χ1v) is 9.97. The van der Waals surface area contributed by atoms with E-state index in [4.69, 9.17) is 5.11 Å². The Morgan fingerprint density at radius 1 is 1.27 bits per heavy atom. The predicted octanol–water partition coefficient (Wildman–Crippen LogP) is 2.59. The van der Waals surface area contributed by atoms with Crippen LogP contribution < -0.4 is 5.32 Å². The minimum Gasteiger partial charge on any atom is -0.395 e. The van der Waals surface area contributed by atoms with E-state index >= 15 is 0 Å². The zero-order valence-electron chi connectivity index (χ0n) is 14.5. The van der Waals surface area contributed by atoms with Crippen LogP contribution in [-0.4, -0.2) is 40.3 Å². The lowest BCUT2D eigenvalue weighted by atomic mass is 10.0. The number of aliphatic hydroxyl groups is 1. The fourth-order valence-corrected chi connectivity index (χ4v) is 4.56. The van der Waals surface area contributed by atoms with Crippen molar-refractivity contribution >= 4 is 45.5 Å². The number of aliphatic hydroxyl groups excluding tert-OH is 1. The second kappa shape index (κ2) is 8.20. The van der Waals surface area contributed by atoms with Crippen LogP contribution >= 0.6 is 23.5 Å². The van der Waals surface area contributed by atoms with Crippen LogP contribution in [0.5, 0.6) is 0 Å². The molecule has 1 aromatic carbocycles. The van der Waals surface area contributed by atoms with Crippen LogP contribution in [0, 0.1) is 5.92 Å². The summed E-state index contributed by atoms with van der Waals surface area (Å²) in [7, 11) is 0. The minimum atomic E-state index is -0.291. The zero-order valence-corrected chi connectivity index (χ0v) is 16.1. The largest absolute Gasteiger partial charge is 0.395 e. The molecule has 136 valence electrons. The number of nitrogens with one attached hydrogen (secondary N) is 1. The van der Waals surface area contributed by atoms with Crippen LogP contribution in [0.25, 0.3) is 0 Å². The van der Waals surface area contributed by atoms with Crippen LogP contribution in [0.1, 0.15) is 29.8 Å². The first kappa shape index (κ1) is 18.9. The van der Waals surface area contributed by atoms with E-state index in [2.05, 4.69) is 15.3 Å². The minimum absolute atomic E-state index is 0.0858. The summed E-state index contributed by atoms with van der Waals surface area (Å²) in [6.45, 7) is 4.10. The van der Waals surface area contributed by atoms with Crippen molar-refractivity contribution in [3.63, 3.8) is 0 Å². The number of fused-ring (bicyclic) bond motifs is 1. The van der Waals surface area contributed by atoms with Crippen molar-refractivity contribution in [1.29, 1.82) is 0 Å². The van der Waals surface area contributed by atoms with Crippen molar-refractivity contribution in [2.75, 3.05) is 13.2 Å². The van der Waals surface area contributed by atoms with E-state index in [-0.39, 0.29) is 30.9 Å². The van der Waals surface area contributed by atoms with Gasteiger partial charge in [-0.25, -0.2) is 4.99 Å². The molecule has 3 rings (SSSR count). The molecule has 0 saturated heterocycles. The fraction of sp³-hybridized carbons (Fsp3) is 0.333. The first-order valence-electron chi connectivity index (χ1n) is 8.16. The van der Waals surface area contributed by atoms with E-state index in [0.29, 0.717) is 16.5 Å². The quantitative estimate of drug-likeness (QED) is 0.808. The summed E-state index contributed by atoms with van der Waals surface area (Å²) in [4.78, 5) is 33.9. The number of benzene rings is 1. The van der Waals surface area contributed by atoms with E-state index < -0.39 is 0 Å². The van der Waals surface area contributed by atoms with Crippen molar-refractivity contribution in [2.45, 2.75) is 19.6 Å². The van der Waals surface area contributed by atoms with Gasteiger partial charge in [0.25, 0.3) is 11.8 Å². The molecule has 6 nitrogen and oxygen atoms in total. The Hall–Kier alpha value is -1.90. The molecule has 2 N–H and O–H groups in total. The standard InChI is InChI=1S/C18H19N3O3S2/c1-10-11(2)26-17-14(10)16(24)20-18(21-17)25-9-12-3-5-13(6-4-12)15(23)19-7-8-22/h3-6,14,22H,7-9H2,1-2H3,(H,19,23). The number of amidine groups is 1. The number of amides is 2. The molecule has 1 aromatic rings. The van der Waals surface area contributed by atoms with Gasteiger partial charge in [0.15, 0.2) is 5.17 Å². The molecule has 2 aliphatic heterocycles. The van der Waals surface area contributed by atoms with Gasteiger partial charge in [-0.15, -0.1) is 0 Å². The summed E-state index contributed by atoms with van der Waals surface area (Å²) in [5, 5.41) is 12.7. The molecular formula is C18H19N3O3S2. The summed E-state index contributed by atoms with van der Waals surface area (Å²) in [6, 6.07) is 7.20. The van der Waals surface area contributed by atoms with Gasteiger partial charge in [0, 0.05) is 17.9 Å². The van der Waals surface area contributed by atoms with Crippen molar-refractivity contribution in [2.24, 2.45) is 15.9 Å². The molecule has 1 atom stereocenters. The second-order valence-corrected chi connectivity index (χ2v) is 8.10. The third-order valence-electron chi connectivity index (χ3n) is 4.13. The third-order valence-corrected chi connectivity index (χ3v) is 6.22. The molecule has 2 aliphatic rings. The Balaban J connectivity index is 1.60. The molecule has 0 saturated carbocycles. The van der Waals surface area contributed by atoms with Crippen LogP contribution in [0.15, 0.2) is 44.7 Å². The smallest absolute Gasteiger partial charge is 0.262 e. The average molecular weight is 390 g/mol. The monoisotopic (exact) mass is 389 g/mol. The Kier molecular flexibility index (Phi) is 5.95. The fourth-order valence-electron chi connectivity index (χ4n) is 2.58. The Labute approximate surface area is 160 Å². The third kappa shape index (κ3) is 4.08. The highest BCUT2D eigenvalue weighted by Gasteiger charge is 2.36. The number of thioether (sulfide) groups is 2. The van der Waals surface area contributed by atoms with Crippen molar-refractivity contribution in [3.8, 4) is 0 Å². The molecule has 0 aliphatic carbocycles. The number of carbonyl (C=O) groups excluding carboxylic acids is 2. The van der Waals surface area contributed by atoms with E-state index in [1.165, 1.54) is 11.8 Å². The highest BCUT2D eigenvalue weighted by atomic mass is 32.2. The summed E-state index contributed by atoms with van der Waals surface area (Å²) in [5.41, 5.74) is 2.59. The van der Waals surface area contributed by atoms with Gasteiger partial charge in [0.05, 0.1) is 11.7 Å². The van der Waals surface area contributed by atoms with E-state index in [9.17, 15) is 9.59 Å². The SMILES string of the molecule is CC1=C(C)C2C(=O)N=C(SCc3ccc(C(=O)NCCO)cc3)N=C2S1. The molecule has 0 radical (unpaired) electrons. The van der Waals surface area contributed by atoms with Gasteiger partial charge in [-0.2, -0.15) is 4.99 Å². The molecule has 0 spiro atoms. The zero-order chi connectivity index (χ0) is 18.7. The number of allylic oxidation sites excluding steroid dienone is 1. The van der Waals surface area contributed by atoms with Crippen LogP contribution in [-0.2, 0) is 10.5 Å². The molecule has 2 amide bonds. The Morgan fingerprint density at radius 3 is 2.69 bits per heavy atom. The first-order chi connectivity index (χ1) is 12.5. The van der Waals surface area contributed by atoms with Crippen LogP contribution in [0.3, 0.4) is 0 Å². The van der Waals surface area contributed by atoms with Gasteiger partial charge in [-0.3, -0.25) is 9.59 Å². The normalized spacial score (nSPS) is 19.2. The van der Waals surface area contributed by atoms with Crippen molar-refractivity contribution < 1.29 is 14.7 Å². The van der Waals surface area contributed by atoms with Crippen LogP contribution in [0.2, 0.25) is 0 Å². The Bertz CT molecular complexity index is 829. The van der Waals surface area contributed by atoms with Gasteiger partial charge in [-0.1, -0.05) is 35.7 Å². The topological polar surface area (TPSA) is 91.1 Å². The molecular weight excluding hydrogens is 370 g/mol.